The van der Waals surface area contributed by atoms with E-state index < -0.39 is 8.07 Å². The molecule has 1 atom stereocenters. The molecule has 2 heterocycles. The van der Waals surface area contributed by atoms with Crippen molar-refractivity contribution in [3.63, 3.8) is 0 Å². The summed E-state index contributed by atoms with van der Waals surface area (Å²) in [5.74, 6) is 0. The van der Waals surface area contributed by atoms with E-state index in [1.165, 1.54) is 48.2 Å². The van der Waals surface area contributed by atoms with Crippen molar-refractivity contribution >= 4 is 50.8 Å². The number of hydrogen-bond donors (Lipinski definition) is 0. The maximum Gasteiger partial charge on any atom is 0.181 e. The van der Waals surface area contributed by atoms with Gasteiger partial charge in [0.1, 0.15) is 11.2 Å². The Kier molecular flexibility index (Phi) is 3.85. The number of para-hydroxylation sites is 1. The SMILES string of the molecule is Cc1cccc([Si]2(c3ccccc3)c3ccccc3-c3c2ccc2c3oc3ccccc32)c1. The van der Waals surface area contributed by atoms with E-state index in [9.17, 15) is 0 Å². The van der Waals surface area contributed by atoms with E-state index in [0.29, 0.717) is 0 Å². The van der Waals surface area contributed by atoms with Crippen LogP contribution >= 0.6 is 0 Å². The fraction of sp³-hybridized carbons (Fsp3) is 0.0323. The summed E-state index contributed by atoms with van der Waals surface area (Å²) in [5, 5.41) is 8.09. The van der Waals surface area contributed by atoms with E-state index in [2.05, 4.69) is 122 Å². The zero-order chi connectivity index (χ0) is 22.0. The molecule has 0 bridgehead atoms. The molecule has 2 heteroatoms. The van der Waals surface area contributed by atoms with E-state index in [4.69, 9.17) is 4.42 Å². The van der Waals surface area contributed by atoms with Crippen molar-refractivity contribution in [2.75, 3.05) is 0 Å². The number of aryl methyl sites for hydroxylation is 1. The minimum absolute atomic E-state index is 0.952. The highest BCUT2D eigenvalue weighted by Crippen LogP contribution is 2.38. The first-order valence-corrected chi connectivity index (χ1v) is 13.5. The second-order valence-electron chi connectivity index (χ2n) is 8.99. The van der Waals surface area contributed by atoms with E-state index in [1.54, 1.807) is 0 Å². The van der Waals surface area contributed by atoms with E-state index in [0.717, 1.165) is 11.2 Å². The number of furan rings is 1. The van der Waals surface area contributed by atoms with Crippen LogP contribution in [0.15, 0.2) is 120 Å². The summed E-state index contributed by atoms with van der Waals surface area (Å²) in [4.78, 5) is 0. The Morgan fingerprint density at radius 1 is 0.576 bits per heavy atom. The second kappa shape index (κ2) is 6.81. The van der Waals surface area contributed by atoms with Crippen LogP contribution in [0, 0.1) is 6.92 Å². The van der Waals surface area contributed by atoms with Crippen LogP contribution in [0.2, 0.25) is 0 Å². The Morgan fingerprint density at radius 3 is 2.21 bits per heavy atom. The molecule has 0 spiro atoms. The van der Waals surface area contributed by atoms with Crippen LogP contribution in [0.4, 0.5) is 0 Å². The quantitative estimate of drug-likeness (QED) is 0.336. The average Bonchev–Trinajstić information content (AvgIpc) is 3.38. The molecule has 1 unspecified atom stereocenters. The summed E-state index contributed by atoms with van der Waals surface area (Å²) in [5.41, 5.74) is 5.85. The number of benzene rings is 5. The summed E-state index contributed by atoms with van der Waals surface area (Å²) in [6.45, 7) is 2.20. The minimum atomic E-state index is -2.48. The van der Waals surface area contributed by atoms with Gasteiger partial charge < -0.3 is 4.42 Å². The van der Waals surface area contributed by atoms with Gasteiger partial charge in [-0.3, -0.25) is 0 Å². The minimum Gasteiger partial charge on any atom is -0.455 e. The molecule has 6 aromatic rings. The fourth-order valence-corrected chi connectivity index (χ4v) is 11.2. The lowest BCUT2D eigenvalue weighted by molar-refractivity contribution is 0.670. The van der Waals surface area contributed by atoms with Gasteiger partial charge in [0.15, 0.2) is 8.07 Å². The van der Waals surface area contributed by atoms with Gasteiger partial charge in [-0.05, 0) is 39.3 Å². The van der Waals surface area contributed by atoms with E-state index >= 15 is 0 Å². The Hall–Kier alpha value is -3.88. The summed E-state index contributed by atoms with van der Waals surface area (Å²) in [6.07, 6.45) is 0. The molecule has 5 aromatic carbocycles. The molecule has 1 aliphatic heterocycles. The molecule has 0 aliphatic carbocycles. The highest BCUT2D eigenvalue weighted by Gasteiger charge is 2.49. The zero-order valence-electron chi connectivity index (χ0n) is 18.4. The smallest absolute Gasteiger partial charge is 0.181 e. The molecule has 0 amide bonds. The van der Waals surface area contributed by atoms with Crippen LogP contribution in [-0.2, 0) is 0 Å². The topological polar surface area (TPSA) is 13.1 Å². The highest BCUT2D eigenvalue weighted by molar-refractivity contribution is 7.22. The third-order valence-corrected chi connectivity index (χ3v) is 12.1. The first-order valence-electron chi connectivity index (χ1n) is 11.5. The molecule has 1 aromatic heterocycles. The molecule has 0 fully saturated rings. The number of rotatable bonds is 2. The summed E-state index contributed by atoms with van der Waals surface area (Å²) in [6, 6.07) is 42.3. The Morgan fingerprint density at radius 2 is 1.33 bits per heavy atom. The van der Waals surface area contributed by atoms with Crippen molar-refractivity contribution in [1.82, 2.24) is 0 Å². The molecular formula is C31H22OSi. The molecule has 33 heavy (non-hydrogen) atoms. The van der Waals surface area contributed by atoms with Gasteiger partial charge in [-0.15, -0.1) is 0 Å². The van der Waals surface area contributed by atoms with Gasteiger partial charge in [0.2, 0.25) is 0 Å². The van der Waals surface area contributed by atoms with Gasteiger partial charge in [-0.25, -0.2) is 0 Å². The third-order valence-electron chi connectivity index (χ3n) is 7.21. The molecule has 156 valence electrons. The van der Waals surface area contributed by atoms with Gasteiger partial charge >= 0.3 is 0 Å². The molecule has 0 N–H and O–H groups in total. The molecule has 0 radical (unpaired) electrons. The van der Waals surface area contributed by atoms with Gasteiger partial charge in [0.05, 0.1) is 0 Å². The number of fused-ring (bicyclic) bond motifs is 7. The maximum absolute atomic E-state index is 6.56. The molecular weight excluding hydrogens is 416 g/mol. The zero-order valence-corrected chi connectivity index (χ0v) is 19.4. The van der Waals surface area contributed by atoms with Crippen molar-refractivity contribution < 1.29 is 4.42 Å². The standard InChI is InChI=1S/C31H22OSi/c1-21-10-9-13-23(20-21)33(22-11-3-2-4-12-22)28-17-8-6-15-26(28)30-29(33)19-18-25-24-14-5-7-16-27(24)32-31(25)30/h2-20H,1H3. The van der Waals surface area contributed by atoms with Gasteiger partial charge in [-0.1, -0.05) is 115 Å². The number of hydrogen-bond acceptors (Lipinski definition) is 1. The van der Waals surface area contributed by atoms with Crippen molar-refractivity contribution in [2.45, 2.75) is 6.92 Å². The summed E-state index contributed by atoms with van der Waals surface area (Å²) in [7, 11) is -2.48. The van der Waals surface area contributed by atoms with Gasteiger partial charge in [0, 0.05) is 16.3 Å². The second-order valence-corrected chi connectivity index (χ2v) is 12.7. The van der Waals surface area contributed by atoms with Crippen molar-refractivity contribution in [2.24, 2.45) is 0 Å². The molecule has 1 aliphatic rings. The average molecular weight is 439 g/mol. The lowest BCUT2D eigenvalue weighted by atomic mass is 10.0. The molecule has 7 rings (SSSR count). The Labute approximate surface area is 194 Å². The predicted molar refractivity (Wildman–Crippen MR) is 141 cm³/mol. The first kappa shape index (κ1) is 18.7. The van der Waals surface area contributed by atoms with Crippen LogP contribution < -0.4 is 20.7 Å². The monoisotopic (exact) mass is 438 g/mol. The largest absolute Gasteiger partial charge is 0.455 e. The lowest BCUT2D eigenvalue weighted by Gasteiger charge is -2.31. The highest BCUT2D eigenvalue weighted by atomic mass is 28.3. The lowest BCUT2D eigenvalue weighted by Crippen LogP contribution is -2.72. The van der Waals surface area contributed by atoms with Crippen LogP contribution in [0.5, 0.6) is 0 Å². The fourth-order valence-electron chi connectivity index (χ4n) is 5.90. The van der Waals surface area contributed by atoms with Crippen LogP contribution in [-0.4, -0.2) is 8.07 Å². The first-order chi connectivity index (χ1) is 16.3. The summed E-state index contributed by atoms with van der Waals surface area (Å²) >= 11 is 0. The predicted octanol–water partition coefficient (Wildman–Crippen LogP) is 5.25. The molecule has 0 saturated carbocycles. The summed E-state index contributed by atoms with van der Waals surface area (Å²) < 4.78 is 6.56. The van der Waals surface area contributed by atoms with Crippen LogP contribution in [0.25, 0.3) is 33.1 Å². The van der Waals surface area contributed by atoms with Gasteiger partial charge in [-0.2, -0.15) is 0 Å². The van der Waals surface area contributed by atoms with Crippen molar-refractivity contribution in [3.8, 4) is 11.1 Å². The van der Waals surface area contributed by atoms with Crippen molar-refractivity contribution in [3.05, 3.63) is 121 Å². The molecule has 1 nitrogen and oxygen atoms in total. The van der Waals surface area contributed by atoms with Crippen LogP contribution in [0.3, 0.4) is 0 Å². The van der Waals surface area contributed by atoms with E-state index in [1.807, 2.05) is 0 Å². The van der Waals surface area contributed by atoms with Crippen molar-refractivity contribution in [1.29, 1.82) is 0 Å². The Balaban J connectivity index is 1.71. The van der Waals surface area contributed by atoms with E-state index in [-0.39, 0.29) is 0 Å². The third kappa shape index (κ3) is 2.41. The maximum atomic E-state index is 6.56. The normalized spacial score (nSPS) is 16.8. The van der Waals surface area contributed by atoms with Gasteiger partial charge in [0.25, 0.3) is 0 Å². The van der Waals surface area contributed by atoms with Crippen LogP contribution in [0.1, 0.15) is 5.56 Å². The Bertz CT molecular complexity index is 1680. The molecule has 0 saturated heterocycles.